The molecule has 0 saturated heterocycles. The fourth-order valence-electron chi connectivity index (χ4n) is 2.33. The van der Waals surface area contributed by atoms with Crippen LogP contribution in [0.3, 0.4) is 0 Å². The number of hydrogen-bond acceptors (Lipinski definition) is 4. The number of halogens is 1. The molecule has 0 aliphatic carbocycles. The summed E-state index contributed by atoms with van der Waals surface area (Å²) < 4.78 is 44.5. The highest BCUT2D eigenvalue weighted by Gasteiger charge is 2.27. The Kier molecular flexibility index (Phi) is 5.23. The van der Waals surface area contributed by atoms with Crippen LogP contribution in [0, 0.1) is 19.7 Å². The van der Waals surface area contributed by atoms with Crippen molar-refractivity contribution < 1.29 is 22.3 Å². The molecule has 7 heteroatoms. The summed E-state index contributed by atoms with van der Waals surface area (Å²) in [5.74, 6) is -1.24. The van der Waals surface area contributed by atoms with Crippen LogP contribution >= 0.6 is 0 Å². The maximum Gasteiger partial charge on any atom is 0.326 e. The second-order valence-electron chi connectivity index (χ2n) is 5.39. The van der Waals surface area contributed by atoms with Crippen LogP contribution in [0.1, 0.15) is 11.1 Å². The van der Waals surface area contributed by atoms with Crippen LogP contribution in [-0.2, 0) is 19.6 Å². The van der Waals surface area contributed by atoms with Crippen molar-refractivity contribution in [2.24, 2.45) is 0 Å². The van der Waals surface area contributed by atoms with E-state index in [2.05, 4.69) is 4.74 Å². The van der Waals surface area contributed by atoms with Crippen LogP contribution in [0.15, 0.2) is 47.4 Å². The van der Waals surface area contributed by atoms with Gasteiger partial charge < -0.3 is 4.74 Å². The minimum atomic E-state index is -4.04. The molecule has 2 aromatic carbocycles. The standard InChI is InChI=1S/C17H18FNO4S/c1-12-8-13(2)10-15(9-12)19(11-17(20)23-3)24(21,22)16-6-4-14(18)5-7-16/h4-10H,11H2,1-3H3. The minimum Gasteiger partial charge on any atom is -0.468 e. The Morgan fingerprint density at radius 2 is 1.62 bits per heavy atom. The molecular formula is C17H18FNO4S. The number of carbonyl (C=O) groups is 1. The summed E-state index contributed by atoms with van der Waals surface area (Å²) >= 11 is 0. The normalized spacial score (nSPS) is 11.2. The van der Waals surface area contributed by atoms with E-state index < -0.39 is 28.4 Å². The summed E-state index contributed by atoms with van der Waals surface area (Å²) in [6, 6.07) is 9.67. The molecule has 0 atom stereocenters. The van der Waals surface area contributed by atoms with Crippen LogP contribution in [-0.4, -0.2) is 28.0 Å². The number of aryl methyl sites for hydroxylation is 2. The predicted octanol–water partition coefficient (Wildman–Crippen LogP) is 2.81. The number of hydrogen-bond donors (Lipinski definition) is 0. The molecule has 2 rings (SSSR count). The molecule has 0 heterocycles. The van der Waals surface area contributed by atoms with Gasteiger partial charge in [0, 0.05) is 0 Å². The first-order valence-electron chi connectivity index (χ1n) is 7.17. The molecular weight excluding hydrogens is 333 g/mol. The Balaban J connectivity index is 2.56. The average Bonchev–Trinajstić information content (AvgIpc) is 2.51. The van der Waals surface area contributed by atoms with Gasteiger partial charge in [-0.1, -0.05) is 6.07 Å². The zero-order valence-electron chi connectivity index (χ0n) is 13.6. The lowest BCUT2D eigenvalue weighted by molar-refractivity contribution is -0.138. The Hall–Kier alpha value is -2.41. The maximum absolute atomic E-state index is 13.1. The first-order chi connectivity index (χ1) is 11.2. The number of esters is 1. The van der Waals surface area contributed by atoms with Crippen LogP contribution in [0.5, 0.6) is 0 Å². The molecule has 0 N–H and O–H groups in total. The van der Waals surface area contributed by atoms with Crippen molar-refractivity contribution in [3.05, 3.63) is 59.4 Å². The van der Waals surface area contributed by atoms with E-state index in [0.29, 0.717) is 5.69 Å². The lowest BCUT2D eigenvalue weighted by atomic mass is 10.1. The second-order valence-corrected chi connectivity index (χ2v) is 7.25. The van der Waals surface area contributed by atoms with Gasteiger partial charge in [-0.15, -0.1) is 0 Å². The highest BCUT2D eigenvalue weighted by Crippen LogP contribution is 2.26. The second kappa shape index (κ2) is 7.00. The summed E-state index contributed by atoms with van der Waals surface area (Å²) in [6.07, 6.45) is 0. The van der Waals surface area contributed by atoms with Gasteiger partial charge in [0.05, 0.1) is 17.7 Å². The van der Waals surface area contributed by atoms with Crippen molar-refractivity contribution in [1.29, 1.82) is 0 Å². The number of anilines is 1. The molecule has 0 bridgehead atoms. The summed E-state index contributed by atoms with van der Waals surface area (Å²) in [4.78, 5) is 11.6. The molecule has 24 heavy (non-hydrogen) atoms. The van der Waals surface area contributed by atoms with Gasteiger partial charge in [-0.25, -0.2) is 12.8 Å². The first-order valence-corrected chi connectivity index (χ1v) is 8.61. The molecule has 0 amide bonds. The number of methoxy groups -OCH3 is 1. The average molecular weight is 351 g/mol. The number of sulfonamides is 1. The van der Waals surface area contributed by atoms with Gasteiger partial charge in [0.25, 0.3) is 10.0 Å². The molecule has 0 unspecified atom stereocenters. The van der Waals surface area contributed by atoms with Crippen LogP contribution in [0.2, 0.25) is 0 Å². The van der Waals surface area contributed by atoms with Gasteiger partial charge in [-0.3, -0.25) is 9.10 Å². The fraction of sp³-hybridized carbons (Fsp3) is 0.235. The van der Waals surface area contributed by atoms with Crippen molar-refractivity contribution in [3.63, 3.8) is 0 Å². The summed E-state index contributed by atoms with van der Waals surface area (Å²) in [7, 11) is -2.86. The molecule has 0 radical (unpaired) electrons. The van der Waals surface area contributed by atoms with E-state index in [1.807, 2.05) is 19.9 Å². The third-order valence-electron chi connectivity index (χ3n) is 3.40. The third kappa shape index (κ3) is 3.91. The van der Waals surface area contributed by atoms with Crippen molar-refractivity contribution in [2.45, 2.75) is 18.7 Å². The predicted molar refractivity (Wildman–Crippen MR) is 88.9 cm³/mol. The highest BCUT2D eigenvalue weighted by molar-refractivity contribution is 7.92. The van der Waals surface area contributed by atoms with Crippen molar-refractivity contribution in [3.8, 4) is 0 Å². The zero-order valence-corrected chi connectivity index (χ0v) is 14.4. The first kappa shape index (κ1) is 17.9. The van der Waals surface area contributed by atoms with Gasteiger partial charge in [0.2, 0.25) is 0 Å². The van der Waals surface area contributed by atoms with E-state index in [1.165, 1.54) is 7.11 Å². The quantitative estimate of drug-likeness (QED) is 0.777. The number of benzene rings is 2. The van der Waals surface area contributed by atoms with E-state index in [0.717, 1.165) is 39.7 Å². The summed E-state index contributed by atoms with van der Waals surface area (Å²) in [5.41, 5.74) is 2.06. The third-order valence-corrected chi connectivity index (χ3v) is 5.18. The lowest BCUT2D eigenvalue weighted by Crippen LogP contribution is -2.36. The van der Waals surface area contributed by atoms with E-state index in [1.54, 1.807) is 12.1 Å². The van der Waals surface area contributed by atoms with Crippen molar-refractivity contribution >= 4 is 21.7 Å². The van der Waals surface area contributed by atoms with E-state index in [4.69, 9.17) is 0 Å². The van der Waals surface area contributed by atoms with Gasteiger partial charge in [0.15, 0.2) is 0 Å². The summed E-state index contributed by atoms with van der Waals surface area (Å²) in [6.45, 7) is 3.19. The smallest absolute Gasteiger partial charge is 0.326 e. The molecule has 0 fully saturated rings. The molecule has 0 aliphatic heterocycles. The van der Waals surface area contributed by atoms with Gasteiger partial charge in [0.1, 0.15) is 12.4 Å². The number of rotatable bonds is 5. The molecule has 128 valence electrons. The number of carbonyl (C=O) groups excluding carboxylic acids is 1. The van der Waals surface area contributed by atoms with E-state index in [9.17, 15) is 17.6 Å². The Morgan fingerprint density at radius 3 is 2.12 bits per heavy atom. The van der Waals surface area contributed by atoms with Gasteiger partial charge >= 0.3 is 5.97 Å². The largest absolute Gasteiger partial charge is 0.468 e. The van der Waals surface area contributed by atoms with Crippen LogP contribution < -0.4 is 4.31 Å². The molecule has 0 saturated carbocycles. The fourth-order valence-corrected chi connectivity index (χ4v) is 3.72. The number of ether oxygens (including phenoxy) is 1. The Labute approximate surface area is 140 Å². The molecule has 2 aromatic rings. The Morgan fingerprint density at radius 1 is 1.08 bits per heavy atom. The highest BCUT2D eigenvalue weighted by atomic mass is 32.2. The maximum atomic E-state index is 13.1. The summed E-state index contributed by atoms with van der Waals surface area (Å²) in [5, 5.41) is 0. The molecule has 5 nitrogen and oxygen atoms in total. The van der Waals surface area contributed by atoms with Gasteiger partial charge in [-0.05, 0) is 61.4 Å². The zero-order chi connectivity index (χ0) is 17.9. The van der Waals surface area contributed by atoms with Crippen molar-refractivity contribution in [2.75, 3.05) is 18.0 Å². The van der Waals surface area contributed by atoms with Gasteiger partial charge in [-0.2, -0.15) is 0 Å². The van der Waals surface area contributed by atoms with E-state index >= 15 is 0 Å². The van der Waals surface area contributed by atoms with Crippen molar-refractivity contribution in [1.82, 2.24) is 0 Å². The molecule has 0 aliphatic rings. The lowest BCUT2D eigenvalue weighted by Gasteiger charge is -2.24. The molecule has 0 spiro atoms. The van der Waals surface area contributed by atoms with Crippen LogP contribution in [0.25, 0.3) is 0 Å². The Bertz CT molecular complexity index is 827. The van der Waals surface area contributed by atoms with Crippen LogP contribution in [0.4, 0.5) is 10.1 Å². The van der Waals surface area contributed by atoms with E-state index in [-0.39, 0.29) is 4.90 Å². The number of nitrogens with zero attached hydrogens (tertiary/aromatic N) is 1. The topological polar surface area (TPSA) is 63.7 Å². The minimum absolute atomic E-state index is 0.105. The molecule has 0 aromatic heterocycles. The SMILES string of the molecule is COC(=O)CN(c1cc(C)cc(C)c1)S(=O)(=O)c1ccc(F)cc1. The monoisotopic (exact) mass is 351 g/mol.